The second-order valence-corrected chi connectivity index (χ2v) is 4.64. The molecule has 0 aromatic heterocycles. The number of hydrogen-bond donors (Lipinski definition) is 1. The molecule has 1 heterocycles. The molecule has 1 aromatic carbocycles. The molecule has 0 aliphatic carbocycles. The summed E-state index contributed by atoms with van der Waals surface area (Å²) in [4.78, 5) is 13.2. The third kappa shape index (κ3) is 2.26. The average molecular weight is 251 g/mol. The van der Waals surface area contributed by atoms with Crippen LogP contribution in [0.15, 0.2) is 24.3 Å². The molecule has 1 aromatic rings. The van der Waals surface area contributed by atoms with Crippen molar-refractivity contribution in [3.63, 3.8) is 0 Å². The monoisotopic (exact) mass is 251 g/mol. The molecule has 0 atom stereocenters. The molecular formula is C13H17NO4. The maximum absolute atomic E-state index is 11.3. The fourth-order valence-electron chi connectivity index (χ4n) is 2.02. The quantitative estimate of drug-likeness (QED) is 0.853. The zero-order chi connectivity index (χ0) is 13.2. The van der Waals surface area contributed by atoms with Crippen molar-refractivity contribution >= 4 is 11.7 Å². The van der Waals surface area contributed by atoms with Crippen LogP contribution in [0.1, 0.15) is 0 Å². The van der Waals surface area contributed by atoms with Crippen molar-refractivity contribution in [3.8, 4) is 5.75 Å². The van der Waals surface area contributed by atoms with E-state index in [4.69, 9.17) is 9.47 Å². The van der Waals surface area contributed by atoms with Crippen LogP contribution in [-0.4, -0.2) is 45.0 Å². The van der Waals surface area contributed by atoms with E-state index in [-0.39, 0.29) is 13.2 Å². The lowest BCUT2D eigenvalue weighted by Gasteiger charge is -2.40. The molecule has 5 nitrogen and oxygen atoms in total. The molecule has 1 aliphatic heterocycles. The molecule has 1 aliphatic rings. The summed E-state index contributed by atoms with van der Waals surface area (Å²) in [5, 5.41) is 9.25. The summed E-state index contributed by atoms with van der Waals surface area (Å²) >= 11 is 0. The van der Waals surface area contributed by atoms with Crippen LogP contribution in [0.2, 0.25) is 0 Å². The van der Waals surface area contributed by atoms with Gasteiger partial charge in [-0.3, -0.25) is 4.79 Å². The van der Waals surface area contributed by atoms with Crippen molar-refractivity contribution in [2.75, 3.05) is 38.8 Å². The van der Waals surface area contributed by atoms with E-state index in [1.165, 1.54) is 0 Å². The van der Waals surface area contributed by atoms with Gasteiger partial charge < -0.3 is 19.5 Å². The minimum absolute atomic E-state index is 0.274. The van der Waals surface area contributed by atoms with E-state index in [1.54, 1.807) is 7.11 Å². The van der Waals surface area contributed by atoms with Crippen molar-refractivity contribution in [1.82, 2.24) is 0 Å². The van der Waals surface area contributed by atoms with Gasteiger partial charge in [-0.1, -0.05) is 6.07 Å². The molecule has 0 saturated carbocycles. The third-order valence-electron chi connectivity index (χ3n) is 3.24. The number of methoxy groups -OCH3 is 1. The molecule has 0 amide bonds. The number of carboxylic acid groups (broad SMARTS) is 1. The Morgan fingerprint density at radius 2 is 2.28 bits per heavy atom. The highest BCUT2D eigenvalue weighted by Gasteiger charge is 2.47. The molecular weight excluding hydrogens is 234 g/mol. The first-order valence-corrected chi connectivity index (χ1v) is 5.74. The van der Waals surface area contributed by atoms with Gasteiger partial charge in [0, 0.05) is 25.3 Å². The van der Waals surface area contributed by atoms with Crippen LogP contribution in [0.4, 0.5) is 5.69 Å². The molecule has 0 unspecified atom stereocenters. The van der Waals surface area contributed by atoms with Crippen molar-refractivity contribution in [1.29, 1.82) is 0 Å². The zero-order valence-electron chi connectivity index (χ0n) is 10.5. The first kappa shape index (κ1) is 12.7. The zero-order valence-corrected chi connectivity index (χ0v) is 10.5. The van der Waals surface area contributed by atoms with Crippen LogP contribution < -0.4 is 9.64 Å². The predicted molar refractivity (Wildman–Crippen MR) is 67.2 cm³/mol. The Morgan fingerprint density at radius 3 is 2.78 bits per heavy atom. The van der Waals surface area contributed by atoms with Crippen molar-refractivity contribution in [2.45, 2.75) is 0 Å². The number of carbonyl (C=O) groups is 1. The van der Waals surface area contributed by atoms with E-state index in [1.807, 2.05) is 36.2 Å². The normalized spacial score (nSPS) is 16.8. The Labute approximate surface area is 106 Å². The van der Waals surface area contributed by atoms with E-state index < -0.39 is 11.4 Å². The van der Waals surface area contributed by atoms with Gasteiger partial charge in [-0.25, -0.2) is 0 Å². The first-order chi connectivity index (χ1) is 8.57. The summed E-state index contributed by atoms with van der Waals surface area (Å²) in [7, 11) is 3.48. The maximum atomic E-state index is 11.3. The second kappa shape index (κ2) is 4.86. The minimum Gasteiger partial charge on any atom is -0.497 e. The topological polar surface area (TPSA) is 59.0 Å². The van der Waals surface area contributed by atoms with Gasteiger partial charge in [0.05, 0.1) is 20.3 Å². The van der Waals surface area contributed by atoms with E-state index in [2.05, 4.69) is 0 Å². The van der Waals surface area contributed by atoms with Gasteiger partial charge in [0.1, 0.15) is 11.2 Å². The highest BCUT2D eigenvalue weighted by atomic mass is 16.5. The highest BCUT2D eigenvalue weighted by molar-refractivity contribution is 5.77. The van der Waals surface area contributed by atoms with Crippen LogP contribution in [0.3, 0.4) is 0 Å². The molecule has 1 fully saturated rings. The van der Waals surface area contributed by atoms with Crippen LogP contribution >= 0.6 is 0 Å². The summed E-state index contributed by atoms with van der Waals surface area (Å²) in [5.41, 5.74) is 0.152. The summed E-state index contributed by atoms with van der Waals surface area (Å²) in [6, 6.07) is 7.55. The number of benzene rings is 1. The number of carboxylic acids is 1. The maximum Gasteiger partial charge on any atom is 0.316 e. The van der Waals surface area contributed by atoms with Crippen molar-refractivity contribution in [3.05, 3.63) is 24.3 Å². The van der Waals surface area contributed by atoms with E-state index in [0.29, 0.717) is 6.54 Å². The lowest BCUT2D eigenvalue weighted by molar-refractivity contribution is -0.177. The molecule has 0 radical (unpaired) electrons. The number of anilines is 1. The van der Waals surface area contributed by atoms with Crippen LogP contribution in [0, 0.1) is 5.41 Å². The van der Waals surface area contributed by atoms with Gasteiger partial charge in [0.25, 0.3) is 0 Å². The average Bonchev–Trinajstić information content (AvgIpc) is 2.33. The smallest absolute Gasteiger partial charge is 0.316 e. The van der Waals surface area contributed by atoms with Gasteiger partial charge in [-0.15, -0.1) is 0 Å². The Hall–Kier alpha value is -1.75. The molecule has 98 valence electrons. The number of aliphatic carboxylic acids is 1. The Kier molecular flexibility index (Phi) is 3.43. The predicted octanol–water partition coefficient (Wildman–Crippen LogP) is 1.23. The van der Waals surface area contributed by atoms with Crippen LogP contribution in [0.25, 0.3) is 0 Å². The van der Waals surface area contributed by atoms with E-state index in [0.717, 1.165) is 11.4 Å². The van der Waals surface area contributed by atoms with Crippen molar-refractivity contribution < 1.29 is 19.4 Å². The first-order valence-electron chi connectivity index (χ1n) is 5.74. The van der Waals surface area contributed by atoms with E-state index >= 15 is 0 Å². The molecule has 2 rings (SSSR count). The molecule has 18 heavy (non-hydrogen) atoms. The summed E-state index contributed by atoms with van der Waals surface area (Å²) in [5.74, 6) is -0.0444. The molecule has 5 heteroatoms. The van der Waals surface area contributed by atoms with E-state index in [9.17, 15) is 9.90 Å². The minimum atomic E-state index is -0.802. The molecule has 1 N–H and O–H groups in total. The van der Waals surface area contributed by atoms with Gasteiger partial charge in [0.15, 0.2) is 0 Å². The number of rotatable bonds is 5. The highest BCUT2D eigenvalue weighted by Crippen LogP contribution is 2.31. The Balaban J connectivity index is 2.11. The SMILES string of the molecule is COc1cccc(N(C)CC2(C(=O)O)COC2)c1. The lowest BCUT2D eigenvalue weighted by Crippen LogP contribution is -2.55. The van der Waals surface area contributed by atoms with Gasteiger partial charge in [-0.2, -0.15) is 0 Å². The van der Waals surface area contributed by atoms with Crippen LogP contribution in [-0.2, 0) is 9.53 Å². The molecule has 1 saturated heterocycles. The molecule has 0 spiro atoms. The third-order valence-corrected chi connectivity index (χ3v) is 3.24. The molecule has 0 bridgehead atoms. The largest absolute Gasteiger partial charge is 0.497 e. The Bertz CT molecular complexity index is 442. The van der Waals surface area contributed by atoms with Crippen molar-refractivity contribution in [2.24, 2.45) is 5.41 Å². The number of ether oxygens (including phenoxy) is 2. The summed E-state index contributed by atoms with van der Waals surface area (Å²) in [6.07, 6.45) is 0. The summed E-state index contributed by atoms with van der Waals surface area (Å²) in [6.45, 7) is 0.975. The Morgan fingerprint density at radius 1 is 1.56 bits per heavy atom. The van der Waals surface area contributed by atoms with Gasteiger partial charge in [0.2, 0.25) is 0 Å². The lowest BCUT2D eigenvalue weighted by atomic mass is 9.85. The summed E-state index contributed by atoms with van der Waals surface area (Å²) < 4.78 is 10.2. The fourth-order valence-corrected chi connectivity index (χ4v) is 2.02. The van der Waals surface area contributed by atoms with Crippen LogP contribution in [0.5, 0.6) is 5.75 Å². The standard InChI is InChI=1S/C13H17NO4/c1-14(7-13(12(15)16)8-18-9-13)10-4-3-5-11(6-10)17-2/h3-6H,7-9H2,1-2H3,(H,15,16). The van der Waals surface area contributed by atoms with Gasteiger partial charge >= 0.3 is 5.97 Å². The second-order valence-electron chi connectivity index (χ2n) is 4.64. The number of hydrogen-bond acceptors (Lipinski definition) is 4. The fraction of sp³-hybridized carbons (Fsp3) is 0.462. The van der Waals surface area contributed by atoms with Gasteiger partial charge in [-0.05, 0) is 12.1 Å². The number of nitrogens with zero attached hydrogens (tertiary/aromatic N) is 1.